The molecule has 2 heterocycles. The van der Waals surface area contributed by atoms with Crippen molar-refractivity contribution in [2.45, 2.75) is 18.9 Å². The highest BCUT2D eigenvalue weighted by Gasteiger charge is 2.26. The van der Waals surface area contributed by atoms with Crippen LogP contribution < -0.4 is 0 Å². The lowest BCUT2D eigenvalue weighted by Gasteiger charge is -2.12. The summed E-state index contributed by atoms with van der Waals surface area (Å²) < 4.78 is 1.95. The van der Waals surface area contributed by atoms with E-state index in [1.54, 1.807) is 0 Å². The minimum Gasteiger partial charge on any atom is -0.242 e. The first-order chi connectivity index (χ1) is 5.38. The van der Waals surface area contributed by atoms with E-state index < -0.39 is 0 Å². The monoisotopic (exact) mass is 171 g/mol. The Kier molecular flexibility index (Phi) is 1.79. The Morgan fingerprint density at radius 1 is 1.64 bits per heavy atom. The van der Waals surface area contributed by atoms with Crippen LogP contribution in [0.4, 0.5) is 0 Å². The summed E-state index contributed by atoms with van der Waals surface area (Å²) in [7, 11) is 0. The summed E-state index contributed by atoms with van der Waals surface area (Å²) >= 11 is 4.29. The number of hydrogen-bond donors (Lipinski definition) is 2. The maximum Gasteiger partial charge on any atom is 0.192 e. The molecule has 0 spiro atoms. The topological polar surface area (TPSA) is 57.7 Å². The Morgan fingerprint density at radius 2 is 2.55 bits per heavy atom. The molecule has 6 heteroatoms. The van der Waals surface area contributed by atoms with Crippen molar-refractivity contribution < 1.29 is 0 Å². The number of nitrogens with one attached hydrogen (secondary N) is 1. The Hall–Kier alpha value is -0.620. The summed E-state index contributed by atoms with van der Waals surface area (Å²) in [5.41, 5.74) is 0. The van der Waals surface area contributed by atoms with Crippen LogP contribution in [0, 0.1) is 0 Å². The normalized spacial score (nSPS) is 26.1. The Bertz CT molecular complexity index is 223. The Morgan fingerprint density at radius 3 is 3.09 bits per heavy atom. The van der Waals surface area contributed by atoms with Crippen LogP contribution in [-0.4, -0.2) is 31.5 Å². The van der Waals surface area contributed by atoms with Crippen LogP contribution in [0.25, 0.3) is 0 Å². The molecule has 60 valence electrons. The number of H-pyrrole nitrogens is 1. The molecule has 0 aromatic carbocycles. The molecule has 0 saturated carbocycles. The van der Waals surface area contributed by atoms with Crippen LogP contribution in [0.5, 0.6) is 0 Å². The van der Waals surface area contributed by atoms with Crippen LogP contribution in [0.1, 0.15) is 24.7 Å². The molecular formula is C5H9N5S. The summed E-state index contributed by atoms with van der Waals surface area (Å²) in [6.45, 7) is 1.00. The van der Waals surface area contributed by atoms with E-state index >= 15 is 0 Å². The maximum atomic E-state index is 4.29. The molecule has 11 heavy (non-hydrogen) atoms. The van der Waals surface area contributed by atoms with Crippen molar-refractivity contribution in [2.24, 2.45) is 0 Å². The van der Waals surface area contributed by atoms with Crippen LogP contribution in [0.2, 0.25) is 0 Å². The van der Waals surface area contributed by atoms with Crippen LogP contribution >= 0.6 is 12.8 Å². The molecule has 5 nitrogen and oxygen atoms in total. The third kappa shape index (κ3) is 1.23. The molecule has 1 aliphatic rings. The Labute approximate surface area is 69.7 Å². The third-order valence-electron chi connectivity index (χ3n) is 1.88. The second-order valence-corrected chi connectivity index (χ2v) is 3.10. The minimum absolute atomic E-state index is 0.247. The van der Waals surface area contributed by atoms with Gasteiger partial charge < -0.3 is 0 Å². The first-order valence-corrected chi connectivity index (χ1v) is 3.97. The smallest absolute Gasteiger partial charge is 0.192 e. The van der Waals surface area contributed by atoms with Crippen molar-refractivity contribution in [3.63, 3.8) is 0 Å². The molecule has 0 radical (unpaired) electrons. The van der Waals surface area contributed by atoms with Gasteiger partial charge >= 0.3 is 0 Å². The van der Waals surface area contributed by atoms with Crippen molar-refractivity contribution in [1.29, 1.82) is 0 Å². The van der Waals surface area contributed by atoms with E-state index in [4.69, 9.17) is 0 Å². The predicted octanol–water partition coefficient (Wildman–Crippen LogP) is 0.181. The first kappa shape index (κ1) is 7.05. The number of tetrazole rings is 1. The van der Waals surface area contributed by atoms with Gasteiger partial charge in [-0.3, -0.25) is 0 Å². The SMILES string of the molecule is SN1CCCC1c1nn[nH]n1. The zero-order valence-electron chi connectivity index (χ0n) is 5.93. The fourth-order valence-electron chi connectivity index (χ4n) is 1.32. The predicted molar refractivity (Wildman–Crippen MR) is 41.8 cm³/mol. The number of rotatable bonds is 1. The fourth-order valence-corrected chi connectivity index (χ4v) is 1.68. The molecule has 1 aromatic rings. The van der Waals surface area contributed by atoms with Gasteiger partial charge in [-0.05, 0) is 12.8 Å². The lowest BCUT2D eigenvalue weighted by molar-refractivity contribution is 0.437. The zero-order valence-corrected chi connectivity index (χ0v) is 6.83. The van der Waals surface area contributed by atoms with E-state index in [0.717, 1.165) is 25.2 Å². The van der Waals surface area contributed by atoms with E-state index in [-0.39, 0.29) is 6.04 Å². The van der Waals surface area contributed by atoms with Crippen LogP contribution in [0.3, 0.4) is 0 Å². The molecule has 1 aliphatic heterocycles. The first-order valence-electron chi connectivity index (χ1n) is 3.57. The van der Waals surface area contributed by atoms with Gasteiger partial charge in [0.1, 0.15) is 0 Å². The van der Waals surface area contributed by atoms with Gasteiger partial charge in [0.2, 0.25) is 0 Å². The molecule has 1 aromatic heterocycles. The summed E-state index contributed by atoms with van der Waals surface area (Å²) in [4.78, 5) is 0. The van der Waals surface area contributed by atoms with Crippen LogP contribution in [0.15, 0.2) is 0 Å². The van der Waals surface area contributed by atoms with Crippen molar-refractivity contribution in [3.8, 4) is 0 Å². The number of thiol groups is 1. The highest BCUT2D eigenvalue weighted by atomic mass is 32.1. The van der Waals surface area contributed by atoms with Gasteiger partial charge in [0.25, 0.3) is 0 Å². The average molecular weight is 171 g/mol. The van der Waals surface area contributed by atoms with Crippen molar-refractivity contribution in [3.05, 3.63) is 5.82 Å². The van der Waals surface area contributed by atoms with E-state index in [1.807, 2.05) is 4.31 Å². The number of hydrogen-bond acceptors (Lipinski definition) is 5. The van der Waals surface area contributed by atoms with E-state index in [1.165, 1.54) is 0 Å². The van der Waals surface area contributed by atoms with Crippen molar-refractivity contribution in [2.75, 3.05) is 6.54 Å². The summed E-state index contributed by atoms with van der Waals surface area (Å²) in [5.74, 6) is 0.748. The van der Waals surface area contributed by atoms with Crippen molar-refractivity contribution in [1.82, 2.24) is 24.9 Å². The molecule has 0 amide bonds. The lowest BCUT2D eigenvalue weighted by Crippen LogP contribution is -2.13. The number of aromatic nitrogens is 4. The van der Waals surface area contributed by atoms with E-state index in [9.17, 15) is 0 Å². The van der Waals surface area contributed by atoms with Crippen LogP contribution in [-0.2, 0) is 0 Å². The summed E-state index contributed by atoms with van der Waals surface area (Å²) in [6, 6.07) is 0.247. The molecule has 0 aliphatic carbocycles. The molecule has 0 bridgehead atoms. The summed E-state index contributed by atoms with van der Waals surface area (Å²) in [6.07, 6.45) is 2.23. The summed E-state index contributed by atoms with van der Waals surface area (Å²) in [5, 5.41) is 13.8. The van der Waals surface area contributed by atoms with Gasteiger partial charge in [0.15, 0.2) is 5.82 Å². The highest BCUT2D eigenvalue weighted by Crippen LogP contribution is 2.29. The minimum atomic E-state index is 0.247. The van der Waals surface area contributed by atoms with Gasteiger partial charge in [0.05, 0.1) is 6.04 Å². The molecule has 2 rings (SSSR count). The quantitative estimate of drug-likeness (QED) is 0.592. The van der Waals surface area contributed by atoms with Gasteiger partial charge in [-0.25, -0.2) is 4.31 Å². The van der Waals surface area contributed by atoms with E-state index in [2.05, 4.69) is 33.4 Å². The Balaban J connectivity index is 2.16. The molecule has 1 N–H and O–H groups in total. The van der Waals surface area contributed by atoms with Crippen molar-refractivity contribution >= 4 is 12.8 Å². The van der Waals surface area contributed by atoms with Gasteiger partial charge in [-0.15, -0.1) is 10.2 Å². The molecular weight excluding hydrogens is 162 g/mol. The standard InChI is InChI=1S/C5H9N5S/c11-10-3-1-2-4(10)5-6-8-9-7-5/h4,11H,1-3H2,(H,6,7,8,9). The third-order valence-corrected chi connectivity index (χ3v) is 2.36. The largest absolute Gasteiger partial charge is 0.242 e. The van der Waals surface area contributed by atoms with Gasteiger partial charge in [0, 0.05) is 6.54 Å². The lowest BCUT2D eigenvalue weighted by atomic mass is 10.2. The second-order valence-electron chi connectivity index (χ2n) is 2.59. The van der Waals surface area contributed by atoms with Gasteiger partial charge in [-0.2, -0.15) is 5.21 Å². The zero-order chi connectivity index (χ0) is 7.68. The molecule has 1 fully saturated rings. The average Bonchev–Trinajstić information content (AvgIpc) is 2.55. The maximum absolute atomic E-state index is 4.29. The highest BCUT2D eigenvalue weighted by molar-refractivity contribution is 7.77. The van der Waals surface area contributed by atoms with Gasteiger partial charge in [-0.1, -0.05) is 18.0 Å². The second kappa shape index (κ2) is 2.78. The molecule has 1 unspecified atom stereocenters. The van der Waals surface area contributed by atoms with E-state index in [0.29, 0.717) is 0 Å². The fraction of sp³-hybridized carbons (Fsp3) is 0.800. The number of nitrogens with zero attached hydrogens (tertiary/aromatic N) is 4. The number of aromatic amines is 1. The molecule has 1 atom stereocenters. The molecule has 1 saturated heterocycles.